The van der Waals surface area contributed by atoms with Crippen LogP contribution in [0.15, 0.2) is 48.5 Å². The molecule has 6 nitrogen and oxygen atoms in total. The third kappa shape index (κ3) is 5.36. The molecule has 0 aliphatic heterocycles. The van der Waals surface area contributed by atoms with Gasteiger partial charge in [-0.05, 0) is 30.2 Å². The molecule has 2 aromatic carbocycles. The second kappa shape index (κ2) is 9.08. The number of benzene rings is 2. The Morgan fingerprint density at radius 3 is 2.60 bits per heavy atom. The van der Waals surface area contributed by atoms with Crippen molar-refractivity contribution in [2.75, 3.05) is 19.0 Å². The van der Waals surface area contributed by atoms with Gasteiger partial charge in [0.2, 0.25) is 0 Å². The Hall–Kier alpha value is -3.33. The van der Waals surface area contributed by atoms with Gasteiger partial charge in [-0.1, -0.05) is 30.3 Å². The molecule has 0 atom stereocenters. The Balaban J connectivity index is 1.80. The number of rotatable bonds is 7. The molecule has 0 aliphatic carbocycles. The van der Waals surface area contributed by atoms with E-state index in [1.165, 1.54) is 0 Å². The van der Waals surface area contributed by atoms with Crippen molar-refractivity contribution in [2.24, 2.45) is 0 Å². The quantitative estimate of drug-likeness (QED) is 0.784. The highest BCUT2D eigenvalue weighted by atomic mass is 16.5. The molecular weight excluding hydrogens is 320 g/mol. The normalized spacial score (nSPS) is 9.76. The Labute approximate surface area is 146 Å². The number of carbonyl (C=O) groups excluding carboxylic acids is 2. The summed E-state index contributed by atoms with van der Waals surface area (Å²) in [7, 11) is 1.57. The maximum Gasteiger partial charge on any atom is 0.306 e. The van der Waals surface area contributed by atoms with Gasteiger partial charge in [0.25, 0.3) is 5.91 Å². The van der Waals surface area contributed by atoms with Gasteiger partial charge in [0, 0.05) is 6.42 Å². The highest BCUT2D eigenvalue weighted by Gasteiger charge is 2.11. The van der Waals surface area contributed by atoms with Gasteiger partial charge in [-0.25, -0.2) is 0 Å². The number of anilines is 1. The number of hydrogen-bond donors (Lipinski definition) is 1. The van der Waals surface area contributed by atoms with E-state index >= 15 is 0 Å². The smallest absolute Gasteiger partial charge is 0.306 e. The van der Waals surface area contributed by atoms with E-state index in [1.807, 2.05) is 30.3 Å². The second-order valence-corrected chi connectivity index (χ2v) is 5.18. The minimum atomic E-state index is -0.492. The van der Waals surface area contributed by atoms with Gasteiger partial charge in [0.15, 0.2) is 6.61 Å². The first kappa shape index (κ1) is 18.0. The van der Waals surface area contributed by atoms with Gasteiger partial charge in [0.1, 0.15) is 11.8 Å². The van der Waals surface area contributed by atoms with E-state index in [0.29, 0.717) is 23.4 Å². The number of esters is 1. The number of nitriles is 1. The molecule has 0 heterocycles. The molecule has 6 heteroatoms. The van der Waals surface area contributed by atoms with Crippen LogP contribution in [0.3, 0.4) is 0 Å². The summed E-state index contributed by atoms with van der Waals surface area (Å²) in [6, 6.07) is 16.0. The van der Waals surface area contributed by atoms with Gasteiger partial charge in [-0.3, -0.25) is 9.59 Å². The average molecular weight is 338 g/mol. The summed E-state index contributed by atoms with van der Waals surface area (Å²) in [5, 5.41) is 11.5. The Morgan fingerprint density at radius 1 is 1.12 bits per heavy atom. The first-order valence-corrected chi connectivity index (χ1v) is 7.70. The van der Waals surface area contributed by atoms with Crippen molar-refractivity contribution >= 4 is 17.6 Å². The summed E-state index contributed by atoms with van der Waals surface area (Å²) in [5.74, 6) is -0.260. The monoisotopic (exact) mass is 338 g/mol. The maximum absolute atomic E-state index is 11.8. The van der Waals surface area contributed by atoms with Crippen LogP contribution in [0.4, 0.5) is 5.69 Å². The molecule has 0 aromatic heterocycles. The third-order valence-corrected chi connectivity index (χ3v) is 3.48. The number of ether oxygens (including phenoxy) is 2. The molecule has 1 amide bonds. The van der Waals surface area contributed by atoms with Crippen LogP contribution in [-0.2, 0) is 20.7 Å². The van der Waals surface area contributed by atoms with Crippen LogP contribution < -0.4 is 10.1 Å². The summed E-state index contributed by atoms with van der Waals surface area (Å²) >= 11 is 0. The van der Waals surface area contributed by atoms with Gasteiger partial charge < -0.3 is 14.8 Å². The lowest BCUT2D eigenvalue weighted by molar-refractivity contribution is -0.147. The molecular formula is C19H18N2O4. The summed E-state index contributed by atoms with van der Waals surface area (Å²) in [5.41, 5.74) is 1.63. The average Bonchev–Trinajstić information content (AvgIpc) is 2.65. The third-order valence-electron chi connectivity index (χ3n) is 3.48. The number of amides is 1. The minimum absolute atomic E-state index is 0.141. The SMILES string of the molecule is COc1ccccc1CCC(=O)OCC(=O)Nc1ccccc1C#N. The van der Waals surface area contributed by atoms with Crippen LogP contribution in [0.5, 0.6) is 5.75 Å². The van der Waals surface area contributed by atoms with E-state index in [1.54, 1.807) is 31.4 Å². The highest BCUT2D eigenvalue weighted by Crippen LogP contribution is 2.19. The van der Waals surface area contributed by atoms with E-state index in [0.717, 1.165) is 5.56 Å². The molecule has 0 fully saturated rings. The molecule has 0 bridgehead atoms. The van der Waals surface area contributed by atoms with Gasteiger partial charge in [-0.2, -0.15) is 5.26 Å². The number of nitrogens with one attached hydrogen (secondary N) is 1. The first-order chi connectivity index (χ1) is 12.1. The van der Waals surface area contributed by atoms with Crippen molar-refractivity contribution in [3.05, 3.63) is 59.7 Å². The predicted octanol–water partition coefficient (Wildman–Crippen LogP) is 2.68. The van der Waals surface area contributed by atoms with E-state index < -0.39 is 18.5 Å². The standard InChI is InChI=1S/C19H18N2O4/c1-24-17-9-5-3-6-14(17)10-11-19(23)25-13-18(22)21-16-8-4-2-7-15(16)12-20/h2-9H,10-11,13H2,1H3,(H,21,22). The lowest BCUT2D eigenvalue weighted by atomic mass is 10.1. The van der Waals surface area contributed by atoms with Crippen LogP contribution >= 0.6 is 0 Å². The van der Waals surface area contributed by atoms with Crippen LogP contribution in [0.1, 0.15) is 17.5 Å². The Bertz CT molecular complexity index is 796. The van der Waals surface area contributed by atoms with E-state index in [2.05, 4.69) is 5.32 Å². The van der Waals surface area contributed by atoms with Crippen molar-refractivity contribution in [2.45, 2.75) is 12.8 Å². The minimum Gasteiger partial charge on any atom is -0.496 e. The van der Waals surface area contributed by atoms with Crippen molar-refractivity contribution in [1.82, 2.24) is 0 Å². The topological polar surface area (TPSA) is 88.4 Å². The van der Waals surface area contributed by atoms with Gasteiger partial charge in [0.05, 0.1) is 18.4 Å². The number of aryl methyl sites for hydroxylation is 1. The molecule has 1 N–H and O–H groups in total. The van der Waals surface area contributed by atoms with Crippen molar-refractivity contribution in [1.29, 1.82) is 5.26 Å². The highest BCUT2D eigenvalue weighted by molar-refractivity contribution is 5.93. The molecule has 0 aliphatic rings. The van der Waals surface area contributed by atoms with Crippen LogP contribution in [0.2, 0.25) is 0 Å². The molecule has 0 unspecified atom stereocenters. The first-order valence-electron chi connectivity index (χ1n) is 7.70. The van der Waals surface area contributed by atoms with E-state index in [-0.39, 0.29) is 6.42 Å². The lowest BCUT2D eigenvalue weighted by Crippen LogP contribution is -2.21. The summed E-state index contributed by atoms with van der Waals surface area (Å²) < 4.78 is 10.2. The van der Waals surface area contributed by atoms with Crippen molar-refractivity contribution in [3.8, 4) is 11.8 Å². The molecule has 0 saturated heterocycles. The van der Waals surface area contributed by atoms with Crippen LogP contribution in [-0.4, -0.2) is 25.6 Å². The van der Waals surface area contributed by atoms with E-state index in [4.69, 9.17) is 14.7 Å². The molecule has 2 aromatic rings. The fraction of sp³-hybridized carbons (Fsp3) is 0.211. The van der Waals surface area contributed by atoms with Gasteiger partial charge >= 0.3 is 5.97 Å². The second-order valence-electron chi connectivity index (χ2n) is 5.18. The molecule has 0 saturated carbocycles. The zero-order chi connectivity index (χ0) is 18.1. The Morgan fingerprint density at radius 2 is 1.84 bits per heavy atom. The van der Waals surface area contributed by atoms with Crippen LogP contribution in [0, 0.1) is 11.3 Å². The number of carbonyl (C=O) groups is 2. The number of para-hydroxylation sites is 2. The number of methoxy groups -OCH3 is 1. The summed E-state index contributed by atoms with van der Waals surface area (Å²) in [4.78, 5) is 23.6. The summed E-state index contributed by atoms with van der Waals surface area (Å²) in [6.45, 7) is -0.398. The van der Waals surface area contributed by atoms with E-state index in [9.17, 15) is 9.59 Å². The lowest BCUT2D eigenvalue weighted by Gasteiger charge is -2.09. The van der Waals surface area contributed by atoms with Crippen LogP contribution in [0.25, 0.3) is 0 Å². The van der Waals surface area contributed by atoms with Crippen molar-refractivity contribution in [3.63, 3.8) is 0 Å². The summed E-state index contributed by atoms with van der Waals surface area (Å²) in [6.07, 6.45) is 0.601. The number of hydrogen-bond acceptors (Lipinski definition) is 5. The molecule has 25 heavy (non-hydrogen) atoms. The largest absolute Gasteiger partial charge is 0.496 e. The molecule has 128 valence electrons. The van der Waals surface area contributed by atoms with Gasteiger partial charge in [-0.15, -0.1) is 0 Å². The predicted molar refractivity (Wildman–Crippen MR) is 92.1 cm³/mol. The fourth-order valence-electron chi connectivity index (χ4n) is 2.24. The zero-order valence-corrected chi connectivity index (χ0v) is 13.8. The Kier molecular flexibility index (Phi) is 6.55. The van der Waals surface area contributed by atoms with Crippen molar-refractivity contribution < 1.29 is 19.1 Å². The fourth-order valence-corrected chi connectivity index (χ4v) is 2.24. The maximum atomic E-state index is 11.8. The number of nitrogens with zero attached hydrogens (tertiary/aromatic N) is 1. The zero-order valence-electron chi connectivity index (χ0n) is 13.8. The molecule has 2 rings (SSSR count). The molecule has 0 radical (unpaired) electrons. The molecule has 0 spiro atoms.